The maximum atomic E-state index is 11.9. The Morgan fingerprint density at radius 2 is 2.14 bits per heavy atom. The molecule has 0 bridgehead atoms. The van der Waals surface area contributed by atoms with E-state index in [0.29, 0.717) is 20.7 Å². The van der Waals surface area contributed by atoms with Crippen molar-refractivity contribution in [1.29, 1.82) is 0 Å². The number of amides is 1. The molecule has 1 heterocycles. The van der Waals surface area contributed by atoms with Gasteiger partial charge in [0, 0.05) is 5.56 Å². The van der Waals surface area contributed by atoms with E-state index in [1.54, 1.807) is 19.1 Å². The standard InChI is InChI=1S/C13H11BrN2O4S/c1-6-11(13(19)20)21-10(16-6)5-15-12(18)7-2-3-8(14)9(17)4-7/h2-4,17H,5H2,1H3,(H,15,18)(H,19,20). The molecule has 2 aromatic rings. The molecule has 1 amide bonds. The molecule has 110 valence electrons. The highest BCUT2D eigenvalue weighted by atomic mass is 79.9. The number of benzene rings is 1. The molecule has 0 aliphatic heterocycles. The Morgan fingerprint density at radius 1 is 1.43 bits per heavy atom. The highest BCUT2D eigenvalue weighted by molar-refractivity contribution is 9.10. The molecule has 0 radical (unpaired) electrons. The van der Waals surface area contributed by atoms with Gasteiger partial charge in [0.15, 0.2) is 0 Å². The SMILES string of the molecule is Cc1nc(CNC(=O)c2ccc(Br)c(O)c2)sc1C(=O)O. The van der Waals surface area contributed by atoms with Crippen LogP contribution in [0.2, 0.25) is 0 Å². The van der Waals surface area contributed by atoms with Gasteiger partial charge in [-0.3, -0.25) is 4.79 Å². The number of aromatic carboxylic acids is 1. The minimum atomic E-state index is -1.03. The number of nitrogens with zero attached hydrogens (tertiary/aromatic N) is 1. The van der Waals surface area contributed by atoms with Crippen LogP contribution >= 0.6 is 27.3 Å². The molecule has 1 aromatic heterocycles. The summed E-state index contributed by atoms with van der Waals surface area (Å²) in [5, 5.41) is 21.6. The van der Waals surface area contributed by atoms with Gasteiger partial charge < -0.3 is 15.5 Å². The molecule has 3 N–H and O–H groups in total. The molecule has 1 aromatic carbocycles. The average molecular weight is 371 g/mol. The maximum Gasteiger partial charge on any atom is 0.347 e. The summed E-state index contributed by atoms with van der Waals surface area (Å²) in [5.74, 6) is -1.43. The third-order valence-electron chi connectivity index (χ3n) is 2.64. The van der Waals surface area contributed by atoms with Crippen LogP contribution in [0.3, 0.4) is 0 Å². The zero-order chi connectivity index (χ0) is 15.6. The van der Waals surface area contributed by atoms with E-state index in [1.807, 2.05) is 0 Å². The smallest absolute Gasteiger partial charge is 0.347 e. The number of rotatable bonds is 4. The third kappa shape index (κ3) is 3.59. The predicted octanol–water partition coefficient (Wildman–Crippen LogP) is 2.55. The van der Waals surface area contributed by atoms with Crippen molar-refractivity contribution in [2.24, 2.45) is 0 Å². The number of carbonyl (C=O) groups is 2. The monoisotopic (exact) mass is 370 g/mol. The first kappa shape index (κ1) is 15.5. The van der Waals surface area contributed by atoms with E-state index in [0.717, 1.165) is 11.3 Å². The zero-order valence-corrected chi connectivity index (χ0v) is 13.3. The lowest BCUT2D eigenvalue weighted by atomic mass is 10.2. The third-order valence-corrected chi connectivity index (χ3v) is 4.46. The van der Waals surface area contributed by atoms with Crippen LogP contribution < -0.4 is 5.32 Å². The van der Waals surface area contributed by atoms with Gasteiger partial charge in [-0.1, -0.05) is 0 Å². The van der Waals surface area contributed by atoms with Crippen molar-refractivity contribution >= 4 is 39.1 Å². The number of aromatic hydroxyl groups is 1. The normalized spacial score (nSPS) is 10.4. The fourth-order valence-electron chi connectivity index (χ4n) is 1.64. The van der Waals surface area contributed by atoms with Crippen molar-refractivity contribution in [3.8, 4) is 5.75 Å². The molecule has 0 fully saturated rings. The second kappa shape index (κ2) is 6.23. The first-order valence-corrected chi connectivity index (χ1v) is 7.45. The van der Waals surface area contributed by atoms with Crippen LogP contribution in [0.15, 0.2) is 22.7 Å². The second-order valence-corrected chi connectivity index (χ2v) is 6.11. The highest BCUT2D eigenvalue weighted by Crippen LogP contribution is 2.24. The minimum Gasteiger partial charge on any atom is -0.507 e. The molecule has 0 aliphatic rings. The summed E-state index contributed by atoms with van der Waals surface area (Å²) in [6, 6.07) is 4.48. The van der Waals surface area contributed by atoms with Crippen LogP contribution in [-0.2, 0) is 6.54 Å². The van der Waals surface area contributed by atoms with Crippen LogP contribution in [-0.4, -0.2) is 27.1 Å². The molecular formula is C13H11BrN2O4S. The average Bonchev–Trinajstić information content (AvgIpc) is 2.80. The number of halogens is 1. The number of hydrogen-bond acceptors (Lipinski definition) is 5. The van der Waals surface area contributed by atoms with E-state index in [1.165, 1.54) is 6.07 Å². The number of nitrogens with one attached hydrogen (secondary N) is 1. The number of phenolic OH excluding ortho intramolecular Hbond substituents is 1. The predicted molar refractivity (Wildman–Crippen MR) is 80.8 cm³/mol. The van der Waals surface area contributed by atoms with Crippen molar-refractivity contribution in [2.75, 3.05) is 0 Å². The van der Waals surface area contributed by atoms with E-state index >= 15 is 0 Å². The molecule has 0 aliphatic carbocycles. The van der Waals surface area contributed by atoms with Gasteiger partial charge in [-0.25, -0.2) is 9.78 Å². The number of aromatic nitrogens is 1. The number of hydrogen-bond donors (Lipinski definition) is 3. The first-order chi connectivity index (χ1) is 9.88. The number of aryl methyl sites for hydroxylation is 1. The molecule has 0 saturated carbocycles. The van der Waals surface area contributed by atoms with Crippen LogP contribution in [0.4, 0.5) is 0 Å². The summed E-state index contributed by atoms with van der Waals surface area (Å²) in [6.45, 7) is 1.74. The maximum absolute atomic E-state index is 11.9. The lowest BCUT2D eigenvalue weighted by molar-refractivity contribution is 0.0701. The highest BCUT2D eigenvalue weighted by Gasteiger charge is 2.15. The summed E-state index contributed by atoms with van der Waals surface area (Å²) in [4.78, 5) is 27.1. The molecule has 0 unspecified atom stereocenters. The number of thiazole rings is 1. The summed E-state index contributed by atoms with van der Waals surface area (Å²) >= 11 is 4.16. The van der Waals surface area contributed by atoms with Gasteiger partial charge in [-0.2, -0.15) is 0 Å². The van der Waals surface area contributed by atoms with E-state index in [4.69, 9.17) is 5.11 Å². The summed E-state index contributed by atoms with van der Waals surface area (Å²) in [5.41, 5.74) is 0.737. The van der Waals surface area contributed by atoms with Crippen molar-refractivity contribution in [3.05, 3.63) is 43.8 Å². The Morgan fingerprint density at radius 3 is 2.71 bits per heavy atom. The molecule has 2 rings (SSSR count). The molecule has 0 atom stereocenters. The quantitative estimate of drug-likeness (QED) is 0.767. The fraction of sp³-hybridized carbons (Fsp3) is 0.154. The van der Waals surface area contributed by atoms with Crippen molar-refractivity contribution in [1.82, 2.24) is 10.3 Å². The van der Waals surface area contributed by atoms with Crippen LogP contribution in [0, 0.1) is 6.92 Å². The molecule has 0 spiro atoms. The second-order valence-electron chi connectivity index (χ2n) is 4.18. The van der Waals surface area contributed by atoms with Crippen molar-refractivity contribution in [2.45, 2.75) is 13.5 Å². The minimum absolute atomic E-state index is 0.0269. The topological polar surface area (TPSA) is 99.5 Å². The van der Waals surface area contributed by atoms with E-state index in [-0.39, 0.29) is 23.1 Å². The van der Waals surface area contributed by atoms with Gasteiger partial charge >= 0.3 is 5.97 Å². The van der Waals surface area contributed by atoms with Gasteiger partial charge in [-0.15, -0.1) is 11.3 Å². The van der Waals surface area contributed by atoms with E-state index in [9.17, 15) is 14.7 Å². The molecule has 6 nitrogen and oxygen atoms in total. The Bertz CT molecular complexity index is 714. The summed E-state index contributed by atoms with van der Waals surface area (Å²) in [7, 11) is 0. The first-order valence-electron chi connectivity index (χ1n) is 5.85. The zero-order valence-electron chi connectivity index (χ0n) is 10.9. The molecule has 21 heavy (non-hydrogen) atoms. The van der Waals surface area contributed by atoms with E-state index in [2.05, 4.69) is 26.2 Å². The Balaban J connectivity index is 2.05. The van der Waals surface area contributed by atoms with Crippen molar-refractivity contribution in [3.63, 3.8) is 0 Å². The van der Waals surface area contributed by atoms with Crippen LogP contribution in [0.1, 0.15) is 30.7 Å². The van der Waals surface area contributed by atoms with Crippen LogP contribution in [0.5, 0.6) is 5.75 Å². The molecule has 8 heteroatoms. The van der Waals surface area contributed by atoms with Gasteiger partial charge in [0.2, 0.25) is 0 Å². The number of carbonyl (C=O) groups excluding carboxylic acids is 1. The Hall–Kier alpha value is -1.93. The van der Waals surface area contributed by atoms with Gasteiger partial charge in [-0.05, 0) is 41.1 Å². The number of phenols is 1. The lowest BCUT2D eigenvalue weighted by Gasteiger charge is -2.04. The summed E-state index contributed by atoms with van der Waals surface area (Å²) in [6.07, 6.45) is 0. The number of carboxylic acids is 1. The molecular weight excluding hydrogens is 360 g/mol. The van der Waals surface area contributed by atoms with Crippen LogP contribution in [0.25, 0.3) is 0 Å². The van der Waals surface area contributed by atoms with Crippen molar-refractivity contribution < 1.29 is 19.8 Å². The lowest BCUT2D eigenvalue weighted by Crippen LogP contribution is -2.22. The Labute approximate surface area is 132 Å². The van der Waals surface area contributed by atoms with E-state index < -0.39 is 5.97 Å². The summed E-state index contributed by atoms with van der Waals surface area (Å²) < 4.78 is 0.501. The Kier molecular flexibility index (Phi) is 4.59. The molecule has 0 saturated heterocycles. The largest absolute Gasteiger partial charge is 0.507 e. The van der Waals surface area contributed by atoms with Gasteiger partial charge in [0.1, 0.15) is 15.6 Å². The fourth-order valence-corrected chi connectivity index (χ4v) is 2.73. The van der Waals surface area contributed by atoms with Gasteiger partial charge in [0.05, 0.1) is 16.7 Å². The number of carboxylic acid groups (broad SMARTS) is 1. The van der Waals surface area contributed by atoms with Gasteiger partial charge in [0.25, 0.3) is 5.91 Å².